The first-order valence-electron chi connectivity index (χ1n) is 5.58. The van der Waals surface area contributed by atoms with E-state index in [1.165, 1.54) is 0 Å². The molecular formula is C13F11. The number of halogens is 11. The largest absolute Gasteiger partial charge is 0.229 e. The third-order valence-electron chi connectivity index (χ3n) is 2.86. The van der Waals surface area contributed by atoms with Crippen molar-refractivity contribution < 1.29 is 48.3 Å². The SMILES string of the molecule is F[C](c1c(F)c(F)c(F)c(F)c1F)c1c(F)c(F)c(F)c(F)c1F. The second-order valence-corrected chi connectivity index (χ2v) is 4.20. The lowest BCUT2D eigenvalue weighted by Gasteiger charge is -2.14. The summed E-state index contributed by atoms with van der Waals surface area (Å²) in [4.78, 5) is 0. The van der Waals surface area contributed by atoms with Crippen molar-refractivity contribution in [3.05, 3.63) is 75.5 Å². The highest BCUT2D eigenvalue weighted by Gasteiger charge is 2.38. The zero-order valence-corrected chi connectivity index (χ0v) is 10.7. The van der Waals surface area contributed by atoms with Gasteiger partial charge in [-0.05, 0) is 0 Å². The quantitative estimate of drug-likeness (QED) is 0.400. The Labute approximate surface area is 125 Å². The monoisotopic (exact) mass is 365 g/mol. The molecule has 11 heteroatoms. The zero-order chi connectivity index (χ0) is 18.5. The van der Waals surface area contributed by atoms with Crippen LogP contribution in [0.5, 0.6) is 0 Å². The highest BCUT2D eigenvalue weighted by Crippen LogP contribution is 2.37. The van der Waals surface area contributed by atoms with Crippen LogP contribution in [0.3, 0.4) is 0 Å². The molecule has 0 aliphatic carbocycles. The molecule has 1 radical (unpaired) electrons. The van der Waals surface area contributed by atoms with Gasteiger partial charge in [0.05, 0.1) is 11.1 Å². The van der Waals surface area contributed by atoms with Crippen molar-refractivity contribution in [1.82, 2.24) is 0 Å². The molecule has 2 rings (SSSR count). The number of hydrogen-bond donors (Lipinski definition) is 0. The molecule has 0 amide bonds. The van der Waals surface area contributed by atoms with E-state index >= 15 is 0 Å². The molecule has 0 atom stereocenters. The van der Waals surface area contributed by atoms with Crippen LogP contribution >= 0.6 is 0 Å². The Morgan fingerprint density at radius 3 is 0.708 bits per heavy atom. The van der Waals surface area contributed by atoms with E-state index in [9.17, 15) is 48.3 Å². The first kappa shape index (κ1) is 18.0. The molecule has 2 aromatic carbocycles. The van der Waals surface area contributed by atoms with Gasteiger partial charge in [-0.3, -0.25) is 0 Å². The number of rotatable bonds is 2. The van der Waals surface area contributed by atoms with E-state index in [0.29, 0.717) is 0 Å². The van der Waals surface area contributed by atoms with Crippen LogP contribution in [0.1, 0.15) is 11.1 Å². The van der Waals surface area contributed by atoms with Gasteiger partial charge in [0, 0.05) is 0 Å². The van der Waals surface area contributed by atoms with E-state index in [2.05, 4.69) is 0 Å². The Hall–Kier alpha value is -2.33. The van der Waals surface area contributed by atoms with E-state index in [1.807, 2.05) is 0 Å². The summed E-state index contributed by atoms with van der Waals surface area (Å²) in [5.74, 6) is -27.5. The molecule has 0 fully saturated rings. The summed E-state index contributed by atoms with van der Waals surface area (Å²) in [7, 11) is 0. The summed E-state index contributed by atoms with van der Waals surface area (Å²) in [6, 6.07) is 0. The Morgan fingerprint density at radius 2 is 0.500 bits per heavy atom. The minimum absolute atomic E-state index is 2.48. The van der Waals surface area contributed by atoms with Gasteiger partial charge in [-0.2, -0.15) is 0 Å². The standard InChI is InChI=1S/C13F11/c14-3(1-4(15)8(19)12(23)9(20)5(1)16)2-6(17)10(21)13(24)11(22)7(2)18. The Morgan fingerprint density at radius 1 is 0.333 bits per heavy atom. The molecule has 0 aliphatic heterocycles. The average Bonchev–Trinajstić information content (AvgIpc) is 2.55. The van der Waals surface area contributed by atoms with E-state index in [-0.39, 0.29) is 0 Å². The van der Waals surface area contributed by atoms with Gasteiger partial charge < -0.3 is 0 Å². The minimum Gasteiger partial charge on any atom is -0.229 e. The first-order valence-corrected chi connectivity index (χ1v) is 5.58. The lowest BCUT2D eigenvalue weighted by atomic mass is 9.99. The lowest BCUT2D eigenvalue weighted by molar-refractivity contribution is 0.350. The summed E-state index contributed by atoms with van der Waals surface area (Å²) >= 11 is 0. The molecule has 0 unspecified atom stereocenters. The fourth-order valence-corrected chi connectivity index (χ4v) is 1.72. The summed E-state index contributed by atoms with van der Waals surface area (Å²) in [6.45, 7) is 0. The Balaban J connectivity index is 2.84. The third kappa shape index (κ3) is 2.38. The lowest BCUT2D eigenvalue weighted by Crippen LogP contribution is -2.15. The number of hydrogen-bond acceptors (Lipinski definition) is 0. The number of benzene rings is 2. The molecule has 0 saturated heterocycles. The highest BCUT2D eigenvalue weighted by molar-refractivity contribution is 5.46. The van der Waals surface area contributed by atoms with Crippen LogP contribution in [0.2, 0.25) is 0 Å². The van der Waals surface area contributed by atoms with Gasteiger partial charge in [0.25, 0.3) is 0 Å². The van der Waals surface area contributed by atoms with Crippen molar-refractivity contribution in [1.29, 1.82) is 0 Å². The highest BCUT2D eigenvalue weighted by atomic mass is 19.2. The van der Waals surface area contributed by atoms with Gasteiger partial charge in [-0.15, -0.1) is 0 Å². The average molecular weight is 365 g/mol. The van der Waals surface area contributed by atoms with E-state index in [4.69, 9.17) is 0 Å². The maximum atomic E-state index is 13.9. The molecule has 0 aromatic heterocycles. The normalized spacial score (nSPS) is 11.5. The predicted octanol–water partition coefficient (Wildman–Crippen LogP) is 4.98. The maximum Gasteiger partial charge on any atom is 0.215 e. The molecule has 0 heterocycles. The summed E-state index contributed by atoms with van der Waals surface area (Å²) < 4.78 is 145. The van der Waals surface area contributed by atoms with Gasteiger partial charge >= 0.3 is 0 Å². The third-order valence-corrected chi connectivity index (χ3v) is 2.86. The maximum absolute atomic E-state index is 13.9. The first-order chi connectivity index (χ1) is 11.0. The summed E-state index contributed by atoms with van der Waals surface area (Å²) in [5.41, 5.74) is -4.95. The van der Waals surface area contributed by atoms with Crippen LogP contribution in [-0.4, -0.2) is 0 Å². The topological polar surface area (TPSA) is 0 Å². The Kier molecular flexibility index (Phi) is 4.46. The van der Waals surface area contributed by atoms with Gasteiger partial charge in [-0.1, -0.05) is 0 Å². The Bertz CT molecular complexity index is 715. The molecule has 129 valence electrons. The second kappa shape index (κ2) is 5.95. The smallest absolute Gasteiger partial charge is 0.215 e. The van der Waals surface area contributed by atoms with Crippen molar-refractivity contribution in [2.75, 3.05) is 0 Å². The molecule has 0 bridgehead atoms. The van der Waals surface area contributed by atoms with Gasteiger partial charge in [0.15, 0.2) is 46.5 Å². The zero-order valence-electron chi connectivity index (χ0n) is 10.7. The molecule has 0 aliphatic rings. The molecule has 0 nitrogen and oxygen atoms in total. The fourth-order valence-electron chi connectivity index (χ4n) is 1.72. The molecular weight excluding hydrogens is 365 g/mol. The van der Waals surface area contributed by atoms with Gasteiger partial charge in [-0.25, -0.2) is 48.3 Å². The predicted molar refractivity (Wildman–Crippen MR) is 55.0 cm³/mol. The molecule has 0 N–H and O–H groups in total. The van der Waals surface area contributed by atoms with Crippen LogP contribution in [-0.2, 0) is 0 Å². The molecule has 0 saturated carbocycles. The van der Waals surface area contributed by atoms with Crippen molar-refractivity contribution in [3.63, 3.8) is 0 Å². The van der Waals surface area contributed by atoms with Crippen molar-refractivity contribution >= 4 is 0 Å². The summed E-state index contributed by atoms with van der Waals surface area (Å²) in [5, 5.41) is 0. The van der Waals surface area contributed by atoms with Crippen LogP contribution in [0.25, 0.3) is 0 Å². The van der Waals surface area contributed by atoms with Crippen molar-refractivity contribution in [2.45, 2.75) is 0 Å². The fraction of sp³-hybridized carbons (Fsp3) is 0. The minimum atomic E-state index is -2.87. The van der Waals surface area contributed by atoms with E-state index in [1.54, 1.807) is 0 Å². The summed E-state index contributed by atoms with van der Waals surface area (Å²) in [6.07, 6.45) is -2.87. The van der Waals surface area contributed by atoms with Crippen LogP contribution < -0.4 is 0 Å². The van der Waals surface area contributed by atoms with Crippen LogP contribution in [0.15, 0.2) is 0 Å². The van der Waals surface area contributed by atoms with Gasteiger partial charge in [0.2, 0.25) is 17.8 Å². The second-order valence-electron chi connectivity index (χ2n) is 4.20. The molecule has 0 spiro atoms. The van der Waals surface area contributed by atoms with E-state index in [0.717, 1.165) is 0 Å². The molecule has 2 aromatic rings. The van der Waals surface area contributed by atoms with Crippen LogP contribution in [0.4, 0.5) is 48.3 Å². The van der Waals surface area contributed by atoms with Crippen molar-refractivity contribution in [3.8, 4) is 0 Å². The van der Waals surface area contributed by atoms with Crippen molar-refractivity contribution in [2.24, 2.45) is 0 Å². The molecule has 24 heavy (non-hydrogen) atoms. The van der Waals surface area contributed by atoms with Gasteiger partial charge in [0.1, 0.15) is 0 Å². The van der Waals surface area contributed by atoms with Crippen LogP contribution in [0, 0.1) is 64.3 Å². The van der Waals surface area contributed by atoms with E-state index < -0.39 is 75.5 Å².